The van der Waals surface area contributed by atoms with E-state index in [0.717, 1.165) is 16.1 Å². The van der Waals surface area contributed by atoms with E-state index in [9.17, 15) is 4.79 Å². The van der Waals surface area contributed by atoms with E-state index in [0.29, 0.717) is 18.2 Å². The van der Waals surface area contributed by atoms with E-state index in [-0.39, 0.29) is 5.91 Å². The topological polar surface area (TPSA) is 59.2 Å². The first-order chi connectivity index (χ1) is 9.22. The molecule has 1 amide bonds. The van der Waals surface area contributed by atoms with Gasteiger partial charge in [-0.05, 0) is 11.6 Å². The fourth-order valence-electron chi connectivity index (χ4n) is 2.05. The van der Waals surface area contributed by atoms with Gasteiger partial charge in [0.05, 0.1) is 23.7 Å². The number of benzene rings is 1. The Hall–Kier alpha value is -2.14. The highest BCUT2D eigenvalue weighted by molar-refractivity contribution is 7.15. The number of hydrogen-bond donors (Lipinski definition) is 1. The van der Waals surface area contributed by atoms with Crippen molar-refractivity contribution in [1.29, 1.82) is 0 Å². The number of thiazole rings is 1. The average Bonchev–Trinajstić information content (AvgIpc) is 2.94. The Kier molecular flexibility index (Phi) is 3.05. The first-order valence-electron chi connectivity index (χ1n) is 5.98. The number of fused-ring (bicyclic) bond motifs is 1. The molecule has 0 atom stereocenters. The highest BCUT2D eigenvalue weighted by atomic mass is 32.1. The van der Waals surface area contributed by atoms with Gasteiger partial charge in [0, 0.05) is 6.08 Å². The lowest BCUT2D eigenvalue weighted by molar-refractivity contribution is -0.126. The Bertz CT molecular complexity index is 610. The summed E-state index contributed by atoms with van der Waals surface area (Å²) in [5.41, 5.74) is 7.59. The second kappa shape index (κ2) is 4.85. The van der Waals surface area contributed by atoms with E-state index in [4.69, 9.17) is 5.73 Å². The van der Waals surface area contributed by atoms with Gasteiger partial charge < -0.3 is 10.6 Å². The lowest BCUT2D eigenvalue weighted by Gasteiger charge is -2.12. The number of carbonyl (C=O) groups excluding carboxylic acids is 1. The highest BCUT2D eigenvalue weighted by Crippen LogP contribution is 2.29. The summed E-state index contributed by atoms with van der Waals surface area (Å²) in [5.74, 6) is 0.00706. The second-order valence-corrected chi connectivity index (χ2v) is 5.48. The van der Waals surface area contributed by atoms with Crippen LogP contribution in [0.15, 0.2) is 36.4 Å². The third kappa shape index (κ3) is 2.51. The summed E-state index contributed by atoms with van der Waals surface area (Å²) < 4.78 is 0. The molecule has 0 fully saturated rings. The van der Waals surface area contributed by atoms with E-state index in [2.05, 4.69) is 4.98 Å². The molecule has 1 aliphatic rings. The van der Waals surface area contributed by atoms with Crippen LogP contribution in [0.2, 0.25) is 0 Å². The van der Waals surface area contributed by atoms with Crippen molar-refractivity contribution in [2.24, 2.45) is 0 Å². The summed E-state index contributed by atoms with van der Waals surface area (Å²) in [7, 11) is 0. The van der Waals surface area contributed by atoms with E-state index >= 15 is 0 Å². The molecule has 1 aromatic heterocycles. The summed E-state index contributed by atoms with van der Waals surface area (Å²) >= 11 is 1.46. The van der Waals surface area contributed by atoms with E-state index < -0.39 is 0 Å². The van der Waals surface area contributed by atoms with Crippen LogP contribution < -0.4 is 5.73 Å². The smallest absolute Gasteiger partial charge is 0.247 e. The molecule has 1 aromatic carbocycles. The molecule has 0 radical (unpaired) electrons. The Morgan fingerprint density at radius 1 is 1.32 bits per heavy atom. The number of aromatic nitrogens is 1. The Morgan fingerprint density at radius 3 is 2.84 bits per heavy atom. The van der Waals surface area contributed by atoms with Gasteiger partial charge in [0.2, 0.25) is 5.91 Å². The van der Waals surface area contributed by atoms with Crippen LogP contribution in [-0.2, 0) is 17.9 Å². The zero-order chi connectivity index (χ0) is 13.2. The van der Waals surface area contributed by atoms with Gasteiger partial charge in [-0.1, -0.05) is 30.3 Å². The largest absolute Gasteiger partial charge is 0.375 e. The third-order valence-corrected chi connectivity index (χ3v) is 3.91. The van der Waals surface area contributed by atoms with Gasteiger partial charge in [-0.2, -0.15) is 0 Å². The SMILES string of the molecule is Nc1nc2c(s1)CN(C(=O)/C=C/c1ccccc1)C2. The fraction of sp³-hybridized carbons (Fsp3) is 0.143. The van der Waals surface area contributed by atoms with Crippen LogP contribution in [0.25, 0.3) is 6.08 Å². The van der Waals surface area contributed by atoms with Gasteiger partial charge in [0.25, 0.3) is 0 Å². The van der Waals surface area contributed by atoms with Crippen molar-refractivity contribution in [1.82, 2.24) is 9.88 Å². The van der Waals surface area contributed by atoms with Gasteiger partial charge in [0.1, 0.15) is 0 Å². The Balaban J connectivity index is 1.67. The van der Waals surface area contributed by atoms with Crippen LogP contribution in [-0.4, -0.2) is 15.8 Å². The summed E-state index contributed by atoms with van der Waals surface area (Å²) in [6.07, 6.45) is 3.44. The van der Waals surface area contributed by atoms with Crippen molar-refractivity contribution in [3.63, 3.8) is 0 Å². The quantitative estimate of drug-likeness (QED) is 0.852. The van der Waals surface area contributed by atoms with Crippen molar-refractivity contribution in [3.8, 4) is 0 Å². The molecule has 0 unspecified atom stereocenters. The van der Waals surface area contributed by atoms with Crippen LogP contribution in [0.1, 0.15) is 16.1 Å². The van der Waals surface area contributed by atoms with Crippen LogP contribution in [0.3, 0.4) is 0 Å². The number of carbonyl (C=O) groups is 1. The minimum absolute atomic E-state index is 0.00706. The second-order valence-electron chi connectivity index (χ2n) is 4.36. The fourth-order valence-corrected chi connectivity index (χ4v) is 2.91. The predicted octanol–water partition coefficient (Wildman–Crippen LogP) is 2.28. The standard InChI is InChI=1S/C14H13N3OS/c15-14-16-11-8-17(9-12(11)19-14)13(18)7-6-10-4-2-1-3-5-10/h1-7H,8-9H2,(H2,15,16)/b7-6+. The number of nitrogen functional groups attached to an aromatic ring is 1. The Labute approximate surface area is 115 Å². The molecule has 1 aliphatic heterocycles. The first kappa shape index (κ1) is 11.9. The molecule has 2 aromatic rings. The number of rotatable bonds is 2. The highest BCUT2D eigenvalue weighted by Gasteiger charge is 2.25. The molecule has 5 heteroatoms. The molecule has 96 valence electrons. The molecular weight excluding hydrogens is 258 g/mol. The van der Waals surface area contributed by atoms with Gasteiger partial charge in [-0.3, -0.25) is 4.79 Å². The molecule has 2 heterocycles. The molecule has 0 bridgehead atoms. The monoisotopic (exact) mass is 271 g/mol. The number of amides is 1. The molecule has 0 aliphatic carbocycles. The molecule has 19 heavy (non-hydrogen) atoms. The maximum atomic E-state index is 12.1. The normalized spacial score (nSPS) is 14.0. The van der Waals surface area contributed by atoms with E-state index in [1.807, 2.05) is 36.4 Å². The van der Waals surface area contributed by atoms with Crippen molar-refractivity contribution in [3.05, 3.63) is 52.5 Å². The molecule has 2 N–H and O–H groups in total. The van der Waals surface area contributed by atoms with E-state index in [1.165, 1.54) is 11.3 Å². The predicted molar refractivity (Wildman–Crippen MR) is 76.3 cm³/mol. The third-order valence-electron chi connectivity index (χ3n) is 3.00. The Morgan fingerprint density at radius 2 is 2.11 bits per heavy atom. The number of nitrogens with zero attached hydrogens (tertiary/aromatic N) is 2. The summed E-state index contributed by atoms with van der Waals surface area (Å²) in [4.78, 5) is 19.1. The van der Waals surface area contributed by atoms with Crippen LogP contribution >= 0.6 is 11.3 Å². The van der Waals surface area contributed by atoms with Gasteiger partial charge in [0.15, 0.2) is 5.13 Å². The van der Waals surface area contributed by atoms with Crippen molar-refractivity contribution >= 4 is 28.5 Å². The zero-order valence-electron chi connectivity index (χ0n) is 10.2. The molecule has 3 rings (SSSR count). The van der Waals surface area contributed by atoms with Gasteiger partial charge in [-0.25, -0.2) is 4.98 Å². The molecule has 0 saturated carbocycles. The van der Waals surface area contributed by atoms with Gasteiger partial charge in [-0.15, -0.1) is 11.3 Å². The van der Waals surface area contributed by atoms with Gasteiger partial charge >= 0.3 is 0 Å². The molecule has 4 nitrogen and oxygen atoms in total. The molecule has 0 saturated heterocycles. The maximum Gasteiger partial charge on any atom is 0.247 e. The lowest BCUT2D eigenvalue weighted by atomic mass is 10.2. The summed E-state index contributed by atoms with van der Waals surface area (Å²) in [5, 5.41) is 0.580. The first-order valence-corrected chi connectivity index (χ1v) is 6.80. The number of hydrogen-bond acceptors (Lipinski definition) is 4. The van der Waals surface area contributed by atoms with Crippen LogP contribution in [0.4, 0.5) is 5.13 Å². The van der Waals surface area contributed by atoms with Crippen molar-refractivity contribution in [2.75, 3.05) is 5.73 Å². The molecule has 0 spiro atoms. The van der Waals surface area contributed by atoms with Crippen molar-refractivity contribution in [2.45, 2.75) is 13.1 Å². The average molecular weight is 271 g/mol. The summed E-state index contributed by atoms with van der Waals surface area (Å²) in [6, 6.07) is 9.78. The van der Waals surface area contributed by atoms with Crippen molar-refractivity contribution < 1.29 is 4.79 Å². The number of nitrogens with two attached hydrogens (primary N) is 1. The molecular formula is C14H13N3OS. The minimum Gasteiger partial charge on any atom is -0.375 e. The number of anilines is 1. The minimum atomic E-state index is 0.00706. The lowest BCUT2D eigenvalue weighted by Crippen LogP contribution is -2.23. The van der Waals surface area contributed by atoms with Crippen LogP contribution in [0.5, 0.6) is 0 Å². The zero-order valence-corrected chi connectivity index (χ0v) is 11.1. The maximum absolute atomic E-state index is 12.1. The van der Waals surface area contributed by atoms with Crippen LogP contribution in [0, 0.1) is 0 Å². The summed E-state index contributed by atoms with van der Waals surface area (Å²) in [6.45, 7) is 1.17. The van der Waals surface area contributed by atoms with E-state index in [1.54, 1.807) is 11.0 Å².